The van der Waals surface area contributed by atoms with Crippen LogP contribution < -0.4 is 5.32 Å². The molecule has 1 saturated carbocycles. The predicted octanol–water partition coefficient (Wildman–Crippen LogP) is 3.98. The minimum Gasteiger partial charge on any atom is -0.317 e. The van der Waals surface area contributed by atoms with Gasteiger partial charge in [-0.3, -0.25) is 0 Å². The van der Waals surface area contributed by atoms with Gasteiger partial charge in [0.2, 0.25) is 0 Å². The molecule has 0 bridgehead atoms. The summed E-state index contributed by atoms with van der Waals surface area (Å²) >= 11 is 0. The molecule has 3 unspecified atom stereocenters. The predicted molar refractivity (Wildman–Crippen MR) is 68.1 cm³/mol. The van der Waals surface area contributed by atoms with Crippen LogP contribution in [0.15, 0.2) is 0 Å². The van der Waals surface area contributed by atoms with Crippen molar-refractivity contribution in [3.05, 3.63) is 0 Å². The summed E-state index contributed by atoms with van der Waals surface area (Å²) in [5.41, 5.74) is 0.597. The van der Waals surface area contributed by atoms with Gasteiger partial charge >= 0.3 is 0 Å². The number of nitrogens with one attached hydrogen (secondary N) is 1. The summed E-state index contributed by atoms with van der Waals surface area (Å²) in [7, 11) is 2.12. The molecular weight excluding hydrogens is 182 g/mol. The molecule has 0 radical (unpaired) electrons. The molecular formula is C14H29N. The number of hydrogen-bond acceptors (Lipinski definition) is 1. The van der Waals surface area contributed by atoms with Crippen LogP contribution in [0.2, 0.25) is 0 Å². The van der Waals surface area contributed by atoms with Crippen LogP contribution in [0.5, 0.6) is 0 Å². The van der Waals surface area contributed by atoms with E-state index in [-0.39, 0.29) is 0 Å². The van der Waals surface area contributed by atoms with Crippen molar-refractivity contribution in [2.75, 3.05) is 7.05 Å². The molecule has 0 saturated heterocycles. The van der Waals surface area contributed by atoms with Crippen molar-refractivity contribution in [3.63, 3.8) is 0 Å². The van der Waals surface area contributed by atoms with E-state index in [0.717, 1.165) is 12.0 Å². The highest BCUT2D eigenvalue weighted by atomic mass is 14.9. The third kappa shape index (κ3) is 4.14. The molecule has 3 atom stereocenters. The standard InChI is InChI=1S/C14H29N/c1-5-12(2)10-14(3)9-7-6-8-13(11-14)15-4/h12-13,15H,5-11H2,1-4H3. The van der Waals surface area contributed by atoms with E-state index in [1.165, 1.54) is 44.9 Å². The fourth-order valence-corrected chi connectivity index (χ4v) is 3.16. The quantitative estimate of drug-likeness (QED) is 0.694. The van der Waals surface area contributed by atoms with Crippen LogP contribution in [0, 0.1) is 11.3 Å². The highest BCUT2D eigenvalue weighted by Crippen LogP contribution is 2.40. The lowest BCUT2D eigenvalue weighted by Crippen LogP contribution is -2.31. The van der Waals surface area contributed by atoms with Crippen LogP contribution in [0.1, 0.15) is 65.7 Å². The average Bonchev–Trinajstić information content (AvgIpc) is 2.39. The van der Waals surface area contributed by atoms with Gasteiger partial charge in [0, 0.05) is 6.04 Å². The van der Waals surface area contributed by atoms with Crippen molar-refractivity contribution in [2.24, 2.45) is 11.3 Å². The van der Waals surface area contributed by atoms with Crippen molar-refractivity contribution in [1.29, 1.82) is 0 Å². The molecule has 1 rings (SSSR count). The molecule has 0 aromatic rings. The van der Waals surface area contributed by atoms with Crippen molar-refractivity contribution in [2.45, 2.75) is 71.8 Å². The third-order valence-electron chi connectivity index (χ3n) is 4.27. The summed E-state index contributed by atoms with van der Waals surface area (Å²) in [5.74, 6) is 0.894. The van der Waals surface area contributed by atoms with E-state index in [1.807, 2.05) is 0 Å². The monoisotopic (exact) mass is 211 g/mol. The van der Waals surface area contributed by atoms with Gasteiger partial charge in [0.05, 0.1) is 0 Å². The highest BCUT2D eigenvalue weighted by molar-refractivity contribution is 4.85. The Labute approximate surface area is 96.0 Å². The second kappa shape index (κ2) is 5.89. The fourth-order valence-electron chi connectivity index (χ4n) is 3.16. The number of rotatable bonds is 4. The van der Waals surface area contributed by atoms with Gasteiger partial charge in [-0.1, -0.05) is 40.0 Å². The Kier molecular flexibility index (Phi) is 5.11. The van der Waals surface area contributed by atoms with E-state index in [2.05, 4.69) is 33.1 Å². The summed E-state index contributed by atoms with van der Waals surface area (Å²) < 4.78 is 0. The van der Waals surface area contributed by atoms with Crippen LogP contribution >= 0.6 is 0 Å². The second-order valence-corrected chi connectivity index (χ2v) is 5.96. The van der Waals surface area contributed by atoms with Crippen LogP contribution in [0.25, 0.3) is 0 Å². The van der Waals surface area contributed by atoms with Crippen LogP contribution in [0.4, 0.5) is 0 Å². The SMILES string of the molecule is CCC(C)CC1(C)CCCCC(NC)C1. The Morgan fingerprint density at radius 2 is 2.13 bits per heavy atom. The summed E-state index contributed by atoms with van der Waals surface area (Å²) in [4.78, 5) is 0. The topological polar surface area (TPSA) is 12.0 Å². The zero-order valence-electron chi connectivity index (χ0n) is 11.1. The minimum absolute atomic E-state index is 0.597. The molecule has 1 nitrogen and oxygen atoms in total. The van der Waals surface area contributed by atoms with Gasteiger partial charge in [0.25, 0.3) is 0 Å². The first-order valence-electron chi connectivity index (χ1n) is 6.77. The van der Waals surface area contributed by atoms with Crippen molar-refractivity contribution >= 4 is 0 Å². The van der Waals surface area contributed by atoms with E-state index >= 15 is 0 Å². The van der Waals surface area contributed by atoms with Gasteiger partial charge in [-0.25, -0.2) is 0 Å². The minimum atomic E-state index is 0.597. The molecule has 0 aliphatic heterocycles. The van der Waals surface area contributed by atoms with Gasteiger partial charge in [0.15, 0.2) is 0 Å². The molecule has 90 valence electrons. The lowest BCUT2D eigenvalue weighted by Gasteiger charge is -2.33. The first-order chi connectivity index (χ1) is 7.09. The molecule has 0 spiro atoms. The Balaban J connectivity index is 2.55. The Morgan fingerprint density at radius 1 is 1.40 bits per heavy atom. The summed E-state index contributed by atoms with van der Waals surface area (Å²) in [5, 5.41) is 3.49. The van der Waals surface area contributed by atoms with Gasteiger partial charge in [-0.2, -0.15) is 0 Å². The first kappa shape index (κ1) is 13.0. The van der Waals surface area contributed by atoms with E-state index in [4.69, 9.17) is 0 Å². The largest absolute Gasteiger partial charge is 0.317 e. The third-order valence-corrected chi connectivity index (χ3v) is 4.27. The van der Waals surface area contributed by atoms with E-state index in [9.17, 15) is 0 Å². The lowest BCUT2D eigenvalue weighted by molar-refractivity contribution is 0.196. The Morgan fingerprint density at radius 3 is 2.73 bits per heavy atom. The molecule has 1 N–H and O–H groups in total. The summed E-state index contributed by atoms with van der Waals surface area (Å²) in [6.07, 6.45) is 9.81. The maximum atomic E-state index is 3.49. The van der Waals surface area contributed by atoms with E-state index in [0.29, 0.717) is 5.41 Å². The zero-order valence-corrected chi connectivity index (χ0v) is 11.1. The fraction of sp³-hybridized carbons (Fsp3) is 1.00. The van der Waals surface area contributed by atoms with Gasteiger partial charge < -0.3 is 5.32 Å². The van der Waals surface area contributed by atoms with Crippen LogP contribution in [-0.4, -0.2) is 13.1 Å². The smallest absolute Gasteiger partial charge is 0.00692 e. The average molecular weight is 211 g/mol. The van der Waals surface area contributed by atoms with Crippen molar-refractivity contribution in [3.8, 4) is 0 Å². The van der Waals surface area contributed by atoms with Gasteiger partial charge in [-0.05, 0) is 44.1 Å². The maximum absolute atomic E-state index is 3.49. The molecule has 0 amide bonds. The summed E-state index contributed by atoms with van der Waals surface area (Å²) in [6, 6.07) is 0.765. The van der Waals surface area contributed by atoms with Gasteiger partial charge in [-0.15, -0.1) is 0 Å². The molecule has 15 heavy (non-hydrogen) atoms. The second-order valence-electron chi connectivity index (χ2n) is 5.96. The van der Waals surface area contributed by atoms with Crippen LogP contribution in [-0.2, 0) is 0 Å². The first-order valence-corrected chi connectivity index (χ1v) is 6.77. The molecule has 1 fully saturated rings. The molecule has 1 heteroatoms. The zero-order chi connectivity index (χ0) is 11.3. The molecule has 0 heterocycles. The van der Waals surface area contributed by atoms with E-state index in [1.54, 1.807) is 0 Å². The normalized spacial score (nSPS) is 34.8. The van der Waals surface area contributed by atoms with Crippen molar-refractivity contribution < 1.29 is 0 Å². The van der Waals surface area contributed by atoms with Crippen molar-refractivity contribution in [1.82, 2.24) is 5.32 Å². The molecule has 0 aromatic carbocycles. The molecule has 0 aromatic heterocycles. The lowest BCUT2D eigenvalue weighted by atomic mass is 9.74. The maximum Gasteiger partial charge on any atom is 0.00692 e. The Hall–Kier alpha value is -0.0400. The molecule has 1 aliphatic rings. The Bertz CT molecular complexity index is 178. The van der Waals surface area contributed by atoms with Crippen LogP contribution in [0.3, 0.4) is 0 Å². The summed E-state index contributed by atoms with van der Waals surface area (Å²) in [6.45, 7) is 7.24. The van der Waals surface area contributed by atoms with Gasteiger partial charge in [0.1, 0.15) is 0 Å². The highest BCUT2D eigenvalue weighted by Gasteiger charge is 2.30. The van der Waals surface area contributed by atoms with E-state index < -0.39 is 0 Å². The number of hydrogen-bond donors (Lipinski definition) is 1. The molecule has 1 aliphatic carbocycles.